The molecule has 2 aromatic carbocycles. The molecule has 156 valence electrons. The zero-order valence-corrected chi connectivity index (χ0v) is 17.1. The zero-order chi connectivity index (χ0) is 21.6. The lowest BCUT2D eigenvalue weighted by atomic mass is 10.2. The summed E-state index contributed by atoms with van der Waals surface area (Å²) in [5, 5.41) is 5.45. The Balaban J connectivity index is 1.50. The fourth-order valence-electron chi connectivity index (χ4n) is 2.50. The number of carbonyl (C=O) groups is 1. The minimum atomic E-state index is -4.41. The third-order valence-corrected chi connectivity index (χ3v) is 4.66. The van der Waals surface area contributed by atoms with Gasteiger partial charge in [0.15, 0.2) is 0 Å². The number of nitrogens with zero attached hydrogens (tertiary/aromatic N) is 1. The largest absolute Gasteiger partial charge is 0.488 e. The molecule has 0 aliphatic rings. The van der Waals surface area contributed by atoms with Gasteiger partial charge in [-0.3, -0.25) is 4.98 Å². The fourth-order valence-corrected chi connectivity index (χ4v) is 2.99. The van der Waals surface area contributed by atoms with Crippen molar-refractivity contribution in [2.24, 2.45) is 0 Å². The van der Waals surface area contributed by atoms with Crippen LogP contribution >= 0.6 is 15.9 Å². The summed E-state index contributed by atoms with van der Waals surface area (Å²) in [5.74, 6) is 0.306. The Morgan fingerprint density at radius 3 is 2.47 bits per heavy atom. The number of nitrogens with one attached hydrogen (secondary N) is 2. The number of anilines is 1. The van der Waals surface area contributed by atoms with Crippen molar-refractivity contribution in [1.29, 1.82) is 0 Å². The molecule has 0 saturated carbocycles. The summed E-state index contributed by atoms with van der Waals surface area (Å²) in [5.41, 5.74) is 1.52. The molecule has 0 aliphatic carbocycles. The molecule has 9 heteroatoms. The van der Waals surface area contributed by atoms with Crippen LogP contribution in [0, 0.1) is 0 Å². The molecule has 0 unspecified atom stereocenters. The van der Waals surface area contributed by atoms with Crippen molar-refractivity contribution >= 4 is 27.6 Å². The number of pyridine rings is 1. The normalized spacial score (nSPS) is 11.1. The van der Waals surface area contributed by atoms with Gasteiger partial charge >= 0.3 is 12.2 Å². The minimum absolute atomic E-state index is 0.164. The molecular weight excluding hydrogens is 463 g/mol. The van der Waals surface area contributed by atoms with Crippen molar-refractivity contribution in [3.8, 4) is 5.75 Å². The van der Waals surface area contributed by atoms with E-state index in [1.807, 2.05) is 6.07 Å². The first-order chi connectivity index (χ1) is 14.3. The van der Waals surface area contributed by atoms with Gasteiger partial charge < -0.3 is 15.4 Å². The van der Waals surface area contributed by atoms with E-state index in [0.717, 1.165) is 23.3 Å². The minimum Gasteiger partial charge on any atom is -0.488 e. The molecule has 0 aliphatic heterocycles. The van der Waals surface area contributed by atoms with E-state index in [1.165, 1.54) is 6.07 Å². The van der Waals surface area contributed by atoms with Crippen LogP contribution in [0.5, 0.6) is 5.75 Å². The summed E-state index contributed by atoms with van der Waals surface area (Å²) in [6.07, 6.45) is -1.08. The average molecular weight is 480 g/mol. The van der Waals surface area contributed by atoms with E-state index in [2.05, 4.69) is 31.5 Å². The Labute approximate surface area is 179 Å². The number of hydrogen-bond acceptors (Lipinski definition) is 3. The predicted molar refractivity (Wildman–Crippen MR) is 110 cm³/mol. The van der Waals surface area contributed by atoms with Crippen LogP contribution in [-0.2, 0) is 19.3 Å². The summed E-state index contributed by atoms with van der Waals surface area (Å²) in [6, 6.07) is 13.5. The highest BCUT2D eigenvalue weighted by molar-refractivity contribution is 9.10. The standard InChI is InChI=1S/C21H17BrF3N3O2/c22-18-10-16(21(23,24)25)5-8-19(18)30-13-14-3-6-17(7-4-14)28-20(29)27-12-15-2-1-9-26-11-15/h1-11H,12-13H2,(H2,27,28,29). The molecule has 5 nitrogen and oxygen atoms in total. The maximum absolute atomic E-state index is 12.7. The first kappa shape index (κ1) is 21.6. The van der Waals surface area contributed by atoms with E-state index in [9.17, 15) is 18.0 Å². The molecule has 0 atom stereocenters. The molecular formula is C21H17BrF3N3O2. The number of benzene rings is 2. The number of ether oxygens (including phenoxy) is 1. The Morgan fingerprint density at radius 1 is 1.07 bits per heavy atom. The van der Waals surface area contributed by atoms with E-state index < -0.39 is 11.7 Å². The first-order valence-electron chi connectivity index (χ1n) is 8.83. The average Bonchev–Trinajstić information content (AvgIpc) is 2.72. The summed E-state index contributed by atoms with van der Waals surface area (Å²) < 4.78 is 43.9. The van der Waals surface area contributed by atoms with Crippen molar-refractivity contribution in [2.75, 3.05) is 5.32 Å². The predicted octanol–water partition coefficient (Wildman–Crippen LogP) is 5.76. The summed E-state index contributed by atoms with van der Waals surface area (Å²) in [6.45, 7) is 0.519. The van der Waals surface area contributed by atoms with E-state index in [-0.39, 0.29) is 17.1 Å². The van der Waals surface area contributed by atoms with Crippen LogP contribution in [0.1, 0.15) is 16.7 Å². The summed E-state index contributed by atoms with van der Waals surface area (Å²) >= 11 is 3.10. The number of rotatable bonds is 6. The highest BCUT2D eigenvalue weighted by atomic mass is 79.9. The van der Waals surface area contributed by atoms with Crippen LogP contribution in [0.4, 0.5) is 23.7 Å². The van der Waals surface area contributed by atoms with Crippen molar-refractivity contribution in [1.82, 2.24) is 10.3 Å². The van der Waals surface area contributed by atoms with Gasteiger partial charge in [-0.15, -0.1) is 0 Å². The highest BCUT2D eigenvalue weighted by Gasteiger charge is 2.30. The number of amides is 2. The molecule has 1 heterocycles. The van der Waals surface area contributed by atoms with Crippen LogP contribution in [0.2, 0.25) is 0 Å². The molecule has 0 saturated heterocycles. The Morgan fingerprint density at radius 2 is 1.83 bits per heavy atom. The molecule has 0 fully saturated rings. The molecule has 1 aromatic heterocycles. The van der Waals surface area contributed by atoms with Crippen molar-refractivity contribution in [3.63, 3.8) is 0 Å². The number of urea groups is 1. The van der Waals surface area contributed by atoms with Gasteiger partial charge in [-0.05, 0) is 63.5 Å². The van der Waals surface area contributed by atoms with E-state index in [4.69, 9.17) is 4.74 Å². The van der Waals surface area contributed by atoms with Crippen LogP contribution in [0.15, 0.2) is 71.5 Å². The topological polar surface area (TPSA) is 63.2 Å². The molecule has 3 rings (SSSR count). The number of aromatic nitrogens is 1. The Kier molecular flexibility index (Phi) is 6.94. The highest BCUT2D eigenvalue weighted by Crippen LogP contribution is 2.35. The number of alkyl halides is 3. The van der Waals surface area contributed by atoms with Crippen LogP contribution in [-0.4, -0.2) is 11.0 Å². The van der Waals surface area contributed by atoms with Gasteiger partial charge in [0.25, 0.3) is 0 Å². The molecule has 0 bridgehead atoms. The molecule has 0 spiro atoms. The second-order valence-electron chi connectivity index (χ2n) is 6.30. The second kappa shape index (κ2) is 9.62. The monoisotopic (exact) mass is 479 g/mol. The van der Waals surface area contributed by atoms with Crippen LogP contribution < -0.4 is 15.4 Å². The van der Waals surface area contributed by atoms with E-state index in [1.54, 1.807) is 42.7 Å². The second-order valence-corrected chi connectivity index (χ2v) is 7.15. The van der Waals surface area contributed by atoms with Crippen LogP contribution in [0.3, 0.4) is 0 Å². The van der Waals surface area contributed by atoms with Crippen molar-refractivity contribution in [3.05, 3.63) is 88.2 Å². The summed E-state index contributed by atoms with van der Waals surface area (Å²) in [4.78, 5) is 15.9. The van der Waals surface area contributed by atoms with Gasteiger partial charge in [-0.25, -0.2) is 4.79 Å². The summed E-state index contributed by atoms with van der Waals surface area (Å²) in [7, 11) is 0. The van der Waals surface area contributed by atoms with Gasteiger partial charge in [-0.2, -0.15) is 13.2 Å². The molecule has 2 N–H and O–H groups in total. The maximum Gasteiger partial charge on any atom is 0.416 e. The Hall–Kier alpha value is -3.07. The van der Waals surface area contributed by atoms with Gasteiger partial charge in [0, 0.05) is 24.6 Å². The first-order valence-corrected chi connectivity index (χ1v) is 9.63. The van der Waals surface area contributed by atoms with Gasteiger partial charge in [-0.1, -0.05) is 18.2 Å². The van der Waals surface area contributed by atoms with Gasteiger partial charge in [0.05, 0.1) is 10.0 Å². The third kappa shape index (κ3) is 6.21. The molecule has 2 amide bonds. The van der Waals surface area contributed by atoms with Crippen molar-refractivity contribution < 1.29 is 22.7 Å². The van der Waals surface area contributed by atoms with Gasteiger partial charge in [0.2, 0.25) is 0 Å². The smallest absolute Gasteiger partial charge is 0.416 e. The number of halogens is 4. The lowest BCUT2D eigenvalue weighted by Crippen LogP contribution is -2.28. The van der Waals surface area contributed by atoms with E-state index >= 15 is 0 Å². The Bertz CT molecular complexity index is 997. The number of hydrogen-bond donors (Lipinski definition) is 2. The fraction of sp³-hybridized carbons (Fsp3) is 0.143. The molecule has 0 radical (unpaired) electrons. The molecule has 30 heavy (non-hydrogen) atoms. The third-order valence-electron chi connectivity index (χ3n) is 4.04. The SMILES string of the molecule is O=C(NCc1cccnc1)Nc1ccc(COc2ccc(C(F)(F)F)cc2Br)cc1. The lowest BCUT2D eigenvalue weighted by Gasteiger charge is -2.12. The van der Waals surface area contributed by atoms with Gasteiger partial charge in [0.1, 0.15) is 12.4 Å². The maximum atomic E-state index is 12.7. The molecule has 3 aromatic rings. The van der Waals surface area contributed by atoms with Crippen molar-refractivity contribution in [2.45, 2.75) is 19.3 Å². The lowest BCUT2D eigenvalue weighted by molar-refractivity contribution is -0.137. The quantitative estimate of drug-likeness (QED) is 0.472. The van der Waals surface area contributed by atoms with E-state index in [0.29, 0.717) is 18.0 Å². The number of carbonyl (C=O) groups excluding carboxylic acids is 1. The van der Waals surface area contributed by atoms with Crippen LogP contribution in [0.25, 0.3) is 0 Å². The zero-order valence-electron chi connectivity index (χ0n) is 15.5.